The molecule has 2 aromatic rings. The van der Waals surface area contributed by atoms with Gasteiger partial charge in [0.2, 0.25) is 5.91 Å². The zero-order valence-electron chi connectivity index (χ0n) is 16.0. The van der Waals surface area contributed by atoms with Crippen molar-refractivity contribution in [1.82, 2.24) is 5.32 Å². The molecule has 7 heteroatoms. The molecule has 0 aromatic heterocycles. The van der Waals surface area contributed by atoms with Crippen LogP contribution in [0.4, 0.5) is 16.2 Å². The third-order valence-corrected chi connectivity index (χ3v) is 5.18. The summed E-state index contributed by atoms with van der Waals surface area (Å²) in [5.74, 6) is 1.32. The maximum atomic E-state index is 12.4. The number of nitrogens with one attached hydrogen (secondary N) is 2. The average Bonchev–Trinajstić information content (AvgIpc) is 2.70. The van der Waals surface area contributed by atoms with E-state index in [1.165, 1.54) is 0 Å². The maximum Gasteiger partial charge on any atom is 0.319 e. The molecule has 1 atom stereocenters. The summed E-state index contributed by atoms with van der Waals surface area (Å²) in [5.41, 5.74) is 3.52. The highest BCUT2D eigenvalue weighted by atomic mass is 16.6. The quantitative estimate of drug-likeness (QED) is 0.856. The van der Waals surface area contributed by atoms with Gasteiger partial charge in [-0.25, -0.2) is 4.79 Å². The third-order valence-electron chi connectivity index (χ3n) is 5.18. The fourth-order valence-corrected chi connectivity index (χ4v) is 3.62. The van der Waals surface area contributed by atoms with Crippen LogP contribution in [0.1, 0.15) is 23.5 Å². The second-order valence-electron chi connectivity index (χ2n) is 7.06. The summed E-state index contributed by atoms with van der Waals surface area (Å²) < 4.78 is 11.1. The number of benzene rings is 2. The number of amides is 3. The predicted molar refractivity (Wildman–Crippen MR) is 106 cm³/mol. The minimum absolute atomic E-state index is 0.0491. The van der Waals surface area contributed by atoms with Crippen molar-refractivity contribution < 1.29 is 19.1 Å². The molecule has 0 bridgehead atoms. The van der Waals surface area contributed by atoms with Crippen molar-refractivity contribution in [2.24, 2.45) is 0 Å². The summed E-state index contributed by atoms with van der Waals surface area (Å²) in [6.45, 7) is 3.30. The molecule has 0 fully saturated rings. The van der Waals surface area contributed by atoms with E-state index in [4.69, 9.17) is 9.47 Å². The molecule has 2 N–H and O–H groups in total. The molecule has 7 nitrogen and oxygen atoms in total. The lowest BCUT2D eigenvalue weighted by Crippen LogP contribution is -2.38. The largest absolute Gasteiger partial charge is 0.486 e. The van der Waals surface area contributed by atoms with Gasteiger partial charge in [0, 0.05) is 43.4 Å². The highest BCUT2D eigenvalue weighted by molar-refractivity contribution is 5.97. The average molecular weight is 381 g/mol. The van der Waals surface area contributed by atoms with Gasteiger partial charge in [0.1, 0.15) is 13.2 Å². The molecule has 28 heavy (non-hydrogen) atoms. The molecule has 2 aliphatic rings. The molecule has 0 unspecified atom stereocenters. The van der Waals surface area contributed by atoms with Crippen LogP contribution in [0.3, 0.4) is 0 Å². The van der Waals surface area contributed by atoms with E-state index in [1.54, 1.807) is 18.0 Å². The summed E-state index contributed by atoms with van der Waals surface area (Å²) in [5, 5.41) is 5.75. The van der Waals surface area contributed by atoms with Crippen molar-refractivity contribution in [3.8, 4) is 11.5 Å². The fraction of sp³-hybridized carbons (Fsp3) is 0.333. The summed E-state index contributed by atoms with van der Waals surface area (Å²) in [4.78, 5) is 26.4. The maximum absolute atomic E-state index is 12.4. The summed E-state index contributed by atoms with van der Waals surface area (Å²) in [6, 6.07) is 11.1. The number of nitrogens with zero attached hydrogens (tertiary/aromatic N) is 1. The van der Waals surface area contributed by atoms with Gasteiger partial charge >= 0.3 is 6.03 Å². The van der Waals surface area contributed by atoms with Crippen LogP contribution in [0.5, 0.6) is 11.5 Å². The number of carbonyl (C=O) groups excluding carboxylic acids is 2. The van der Waals surface area contributed by atoms with Crippen molar-refractivity contribution in [1.29, 1.82) is 0 Å². The minimum Gasteiger partial charge on any atom is -0.486 e. The van der Waals surface area contributed by atoms with Crippen molar-refractivity contribution in [3.05, 3.63) is 47.5 Å². The number of aryl methyl sites for hydroxylation is 1. The van der Waals surface area contributed by atoms with Crippen LogP contribution in [0.2, 0.25) is 0 Å². The molecule has 0 spiro atoms. The van der Waals surface area contributed by atoms with Gasteiger partial charge in [-0.3, -0.25) is 4.79 Å². The van der Waals surface area contributed by atoms with Crippen LogP contribution in [0.15, 0.2) is 36.4 Å². The van der Waals surface area contributed by atoms with Gasteiger partial charge in [0.25, 0.3) is 0 Å². The van der Waals surface area contributed by atoms with Crippen LogP contribution in [0.25, 0.3) is 0 Å². The Labute approximate surface area is 163 Å². The first-order chi connectivity index (χ1) is 13.5. The Kier molecular flexibility index (Phi) is 4.81. The fourth-order valence-electron chi connectivity index (χ4n) is 3.62. The lowest BCUT2D eigenvalue weighted by Gasteiger charge is -2.31. The monoisotopic (exact) mass is 381 g/mol. The van der Waals surface area contributed by atoms with E-state index in [1.807, 2.05) is 37.3 Å². The Morgan fingerprint density at radius 1 is 1.18 bits per heavy atom. The number of rotatable bonds is 3. The molecule has 0 radical (unpaired) electrons. The molecule has 0 aliphatic carbocycles. The predicted octanol–water partition coefficient (Wildman–Crippen LogP) is 3.04. The number of urea groups is 1. The summed E-state index contributed by atoms with van der Waals surface area (Å²) in [7, 11) is 1.78. The first kappa shape index (κ1) is 18.2. The number of para-hydroxylation sites is 1. The first-order valence-electron chi connectivity index (χ1n) is 9.33. The SMILES string of the molecule is Cc1cc2c(cc1NC(=O)NC[C@H]1CC(=O)N(C)c3ccccc31)OCCO2. The topological polar surface area (TPSA) is 79.9 Å². The smallest absolute Gasteiger partial charge is 0.319 e. The molecule has 4 rings (SSSR count). The van der Waals surface area contributed by atoms with Crippen LogP contribution >= 0.6 is 0 Å². The number of anilines is 2. The highest BCUT2D eigenvalue weighted by Gasteiger charge is 2.29. The number of fused-ring (bicyclic) bond motifs is 2. The van der Waals surface area contributed by atoms with Crippen molar-refractivity contribution in [2.45, 2.75) is 19.3 Å². The van der Waals surface area contributed by atoms with Gasteiger partial charge in [-0.05, 0) is 30.2 Å². The Hall–Kier alpha value is -3.22. The van der Waals surface area contributed by atoms with Crippen LogP contribution in [-0.2, 0) is 4.79 Å². The van der Waals surface area contributed by atoms with Gasteiger partial charge in [-0.15, -0.1) is 0 Å². The van der Waals surface area contributed by atoms with Gasteiger partial charge in [0.15, 0.2) is 11.5 Å². The number of hydrogen-bond acceptors (Lipinski definition) is 4. The molecule has 3 amide bonds. The molecule has 2 aliphatic heterocycles. The van der Waals surface area contributed by atoms with Crippen LogP contribution in [-0.4, -0.2) is 38.7 Å². The van der Waals surface area contributed by atoms with Crippen LogP contribution < -0.4 is 25.0 Å². The number of carbonyl (C=O) groups is 2. The minimum atomic E-state index is -0.316. The van der Waals surface area contributed by atoms with E-state index >= 15 is 0 Å². The van der Waals surface area contributed by atoms with Gasteiger partial charge in [-0.2, -0.15) is 0 Å². The second kappa shape index (κ2) is 7.42. The molecular formula is C21H23N3O4. The lowest BCUT2D eigenvalue weighted by atomic mass is 9.89. The van der Waals surface area contributed by atoms with E-state index in [0.29, 0.717) is 43.4 Å². The lowest BCUT2D eigenvalue weighted by molar-refractivity contribution is -0.119. The zero-order chi connectivity index (χ0) is 19.7. The first-order valence-corrected chi connectivity index (χ1v) is 9.33. The van der Waals surface area contributed by atoms with E-state index in [0.717, 1.165) is 16.8 Å². The number of hydrogen-bond donors (Lipinski definition) is 2. The highest BCUT2D eigenvalue weighted by Crippen LogP contribution is 2.36. The standard InChI is InChI=1S/C21H23N3O4/c1-13-9-18-19(28-8-7-27-18)11-16(13)23-21(26)22-12-14-10-20(25)24(2)17-6-4-3-5-15(14)17/h3-6,9,11,14H,7-8,10,12H2,1-2H3,(H2,22,23,26)/t14-/m1/s1. The second-order valence-corrected chi connectivity index (χ2v) is 7.06. The summed E-state index contributed by atoms with van der Waals surface area (Å²) >= 11 is 0. The molecule has 2 aromatic carbocycles. The molecule has 0 saturated carbocycles. The summed E-state index contributed by atoms with van der Waals surface area (Å²) in [6.07, 6.45) is 0.372. The normalized spacial score (nSPS) is 17.7. The zero-order valence-corrected chi connectivity index (χ0v) is 16.0. The Bertz CT molecular complexity index is 928. The third kappa shape index (κ3) is 3.47. The van der Waals surface area contributed by atoms with Gasteiger partial charge < -0.3 is 25.0 Å². The van der Waals surface area contributed by atoms with Gasteiger partial charge in [0.05, 0.1) is 0 Å². The molecular weight excluding hydrogens is 358 g/mol. The Morgan fingerprint density at radius 2 is 1.89 bits per heavy atom. The van der Waals surface area contributed by atoms with Crippen molar-refractivity contribution in [2.75, 3.05) is 37.0 Å². The van der Waals surface area contributed by atoms with E-state index in [9.17, 15) is 9.59 Å². The van der Waals surface area contributed by atoms with E-state index in [-0.39, 0.29) is 17.9 Å². The number of ether oxygens (including phenoxy) is 2. The Balaban J connectivity index is 1.43. The van der Waals surface area contributed by atoms with E-state index in [2.05, 4.69) is 10.6 Å². The molecule has 0 saturated heterocycles. The van der Waals surface area contributed by atoms with E-state index < -0.39 is 0 Å². The molecule has 146 valence electrons. The van der Waals surface area contributed by atoms with Gasteiger partial charge in [-0.1, -0.05) is 18.2 Å². The van der Waals surface area contributed by atoms with Crippen molar-refractivity contribution >= 4 is 23.3 Å². The van der Waals surface area contributed by atoms with Crippen LogP contribution in [0, 0.1) is 6.92 Å². The Morgan fingerprint density at radius 3 is 2.68 bits per heavy atom. The van der Waals surface area contributed by atoms with Crippen molar-refractivity contribution in [3.63, 3.8) is 0 Å². The molecule has 2 heterocycles.